The van der Waals surface area contributed by atoms with E-state index in [9.17, 15) is 14.4 Å². The third-order valence-corrected chi connectivity index (χ3v) is 2.90. The van der Waals surface area contributed by atoms with Crippen LogP contribution in [-0.2, 0) is 14.3 Å². The minimum Gasteiger partial charge on any atom is -0.448 e. The zero-order valence-corrected chi connectivity index (χ0v) is 10.5. The van der Waals surface area contributed by atoms with Crippen LogP contribution in [0.3, 0.4) is 0 Å². The van der Waals surface area contributed by atoms with Crippen molar-refractivity contribution < 1.29 is 19.1 Å². The lowest BCUT2D eigenvalue weighted by atomic mass is 10.1. The van der Waals surface area contributed by atoms with Gasteiger partial charge in [-0.05, 0) is 6.42 Å². The van der Waals surface area contributed by atoms with E-state index in [1.165, 1.54) is 0 Å². The van der Waals surface area contributed by atoms with Crippen LogP contribution in [0.5, 0.6) is 0 Å². The Kier molecular flexibility index (Phi) is 4.32. The molecule has 0 aliphatic carbocycles. The minimum atomic E-state index is -0.300. The smallest absolute Gasteiger partial charge is 0.409 e. The monoisotopic (exact) mass is 268 g/mol. The number of carbonyl (C=O) groups is 3. The Bertz CT molecular complexity index is 421. The van der Waals surface area contributed by atoms with E-state index in [1.807, 2.05) is 0 Å². The summed E-state index contributed by atoms with van der Waals surface area (Å²) < 4.78 is 4.79. The Hall–Kier alpha value is -2.12. The van der Waals surface area contributed by atoms with Gasteiger partial charge in [-0.1, -0.05) is 0 Å². The molecular weight excluding hydrogens is 252 g/mol. The van der Waals surface area contributed by atoms with Gasteiger partial charge in [0.15, 0.2) is 0 Å². The van der Waals surface area contributed by atoms with Gasteiger partial charge < -0.3 is 15.0 Å². The number of nitrogens with zero attached hydrogens (tertiary/aromatic N) is 2. The summed E-state index contributed by atoms with van der Waals surface area (Å²) >= 11 is 0. The quantitative estimate of drug-likeness (QED) is 0.638. The van der Waals surface area contributed by atoms with Gasteiger partial charge in [-0.3, -0.25) is 9.59 Å². The van der Waals surface area contributed by atoms with E-state index in [4.69, 9.17) is 4.74 Å². The lowest BCUT2D eigenvalue weighted by molar-refractivity contribution is -0.121. The van der Waals surface area contributed by atoms with Crippen LogP contribution in [0.1, 0.15) is 19.3 Å². The number of hydrazone groups is 1. The largest absolute Gasteiger partial charge is 0.448 e. The Labute approximate surface area is 110 Å². The summed E-state index contributed by atoms with van der Waals surface area (Å²) in [6, 6.07) is 0. The van der Waals surface area contributed by atoms with Gasteiger partial charge in [-0.25, -0.2) is 10.2 Å². The second kappa shape index (κ2) is 6.17. The van der Waals surface area contributed by atoms with E-state index in [-0.39, 0.29) is 24.3 Å². The molecule has 104 valence electrons. The molecule has 0 aromatic rings. The molecule has 2 rings (SSSR count). The highest BCUT2D eigenvalue weighted by Gasteiger charge is 2.21. The van der Waals surface area contributed by atoms with E-state index in [0.717, 1.165) is 0 Å². The SMILES string of the molecule is O=C1CCC(C(=O)NCCCN2CCOC2=O)=NN1. The molecule has 0 radical (unpaired) electrons. The molecule has 2 aliphatic heterocycles. The van der Waals surface area contributed by atoms with Crippen molar-refractivity contribution >= 4 is 23.6 Å². The van der Waals surface area contributed by atoms with Crippen molar-refractivity contribution in [2.75, 3.05) is 26.2 Å². The predicted molar refractivity (Wildman–Crippen MR) is 65.4 cm³/mol. The van der Waals surface area contributed by atoms with Crippen LogP contribution >= 0.6 is 0 Å². The number of cyclic esters (lactones) is 1. The lowest BCUT2D eigenvalue weighted by Crippen LogP contribution is -2.38. The van der Waals surface area contributed by atoms with Crippen molar-refractivity contribution in [1.29, 1.82) is 0 Å². The Morgan fingerprint density at radius 3 is 2.89 bits per heavy atom. The number of rotatable bonds is 5. The molecular formula is C11H16N4O4. The average Bonchev–Trinajstić information content (AvgIpc) is 2.81. The highest BCUT2D eigenvalue weighted by atomic mass is 16.6. The van der Waals surface area contributed by atoms with Gasteiger partial charge in [0.1, 0.15) is 12.3 Å². The maximum atomic E-state index is 11.7. The van der Waals surface area contributed by atoms with Gasteiger partial charge in [0.05, 0.1) is 6.54 Å². The van der Waals surface area contributed by atoms with Crippen molar-refractivity contribution in [2.45, 2.75) is 19.3 Å². The molecule has 2 N–H and O–H groups in total. The summed E-state index contributed by atoms with van der Waals surface area (Å²) in [5.74, 6) is -0.451. The van der Waals surface area contributed by atoms with E-state index in [0.29, 0.717) is 44.8 Å². The van der Waals surface area contributed by atoms with E-state index in [1.54, 1.807) is 4.90 Å². The zero-order chi connectivity index (χ0) is 13.7. The van der Waals surface area contributed by atoms with Crippen molar-refractivity contribution in [3.8, 4) is 0 Å². The van der Waals surface area contributed by atoms with Gasteiger partial charge in [-0.2, -0.15) is 5.10 Å². The number of nitrogens with one attached hydrogen (secondary N) is 2. The van der Waals surface area contributed by atoms with Gasteiger partial charge in [-0.15, -0.1) is 0 Å². The third-order valence-electron chi connectivity index (χ3n) is 2.90. The topological polar surface area (TPSA) is 100 Å². The molecule has 0 unspecified atom stereocenters. The van der Waals surface area contributed by atoms with Crippen LogP contribution in [-0.4, -0.2) is 54.8 Å². The molecule has 8 nitrogen and oxygen atoms in total. The lowest BCUT2D eigenvalue weighted by Gasteiger charge is -2.14. The first-order chi connectivity index (χ1) is 9.16. The summed E-state index contributed by atoms with van der Waals surface area (Å²) in [5, 5.41) is 6.41. The first-order valence-corrected chi connectivity index (χ1v) is 6.22. The highest BCUT2D eigenvalue weighted by molar-refractivity contribution is 6.39. The molecule has 1 saturated heterocycles. The molecule has 0 atom stereocenters. The van der Waals surface area contributed by atoms with Crippen LogP contribution in [0.15, 0.2) is 5.10 Å². The van der Waals surface area contributed by atoms with Crippen molar-refractivity contribution in [1.82, 2.24) is 15.6 Å². The Morgan fingerprint density at radius 2 is 2.26 bits per heavy atom. The van der Waals surface area contributed by atoms with Crippen LogP contribution in [0, 0.1) is 0 Å². The van der Waals surface area contributed by atoms with Crippen LogP contribution < -0.4 is 10.7 Å². The fourth-order valence-electron chi connectivity index (χ4n) is 1.84. The molecule has 0 saturated carbocycles. The minimum absolute atomic E-state index is 0.177. The van der Waals surface area contributed by atoms with Gasteiger partial charge in [0.2, 0.25) is 5.91 Å². The maximum Gasteiger partial charge on any atom is 0.409 e. The fraction of sp³-hybridized carbons (Fsp3) is 0.636. The summed E-state index contributed by atoms with van der Waals surface area (Å²) in [5.41, 5.74) is 2.61. The molecule has 1 fully saturated rings. The van der Waals surface area contributed by atoms with Crippen molar-refractivity contribution in [2.24, 2.45) is 5.10 Å². The first kappa shape index (κ1) is 13.3. The average molecular weight is 268 g/mol. The molecule has 8 heteroatoms. The molecule has 0 bridgehead atoms. The maximum absolute atomic E-state index is 11.7. The predicted octanol–water partition coefficient (Wildman–Crippen LogP) is -0.789. The summed E-state index contributed by atoms with van der Waals surface area (Å²) in [4.78, 5) is 35.3. The third kappa shape index (κ3) is 3.67. The molecule has 19 heavy (non-hydrogen) atoms. The highest BCUT2D eigenvalue weighted by Crippen LogP contribution is 2.03. The molecule has 0 spiro atoms. The Morgan fingerprint density at radius 1 is 1.42 bits per heavy atom. The summed E-state index contributed by atoms with van der Waals surface area (Å²) in [7, 11) is 0. The molecule has 0 aromatic carbocycles. The first-order valence-electron chi connectivity index (χ1n) is 6.22. The normalized spacial score (nSPS) is 18.7. The van der Waals surface area contributed by atoms with Crippen LogP contribution in [0.25, 0.3) is 0 Å². The van der Waals surface area contributed by atoms with Gasteiger partial charge >= 0.3 is 6.09 Å². The molecule has 0 aromatic heterocycles. The molecule has 3 amide bonds. The second-order valence-electron chi connectivity index (χ2n) is 4.30. The Balaban J connectivity index is 1.64. The molecule has 2 aliphatic rings. The number of amides is 3. The molecule has 2 heterocycles. The van der Waals surface area contributed by atoms with Crippen LogP contribution in [0.2, 0.25) is 0 Å². The van der Waals surface area contributed by atoms with Gasteiger partial charge in [0.25, 0.3) is 5.91 Å². The summed E-state index contributed by atoms with van der Waals surface area (Å²) in [6.07, 6.45) is 0.994. The van der Waals surface area contributed by atoms with Gasteiger partial charge in [0, 0.05) is 25.9 Å². The number of ether oxygens (including phenoxy) is 1. The summed E-state index contributed by atoms with van der Waals surface area (Å²) in [6.45, 7) is 2.05. The number of hydrogen-bond acceptors (Lipinski definition) is 5. The van der Waals surface area contributed by atoms with Crippen LogP contribution in [0.4, 0.5) is 4.79 Å². The van der Waals surface area contributed by atoms with E-state index < -0.39 is 0 Å². The van der Waals surface area contributed by atoms with E-state index in [2.05, 4.69) is 15.8 Å². The zero-order valence-electron chi connectivity index (χ0n) is 10.5. The number of hydrogen-bond donors (Lipinski definition) is 2. The van der Waals surface area contributed by atoms with Crippen molar-refractivity contribution in [3.63, 3.8) is 0 Å². The van der Waals surface area contributed by atoms with Crippen molar-refractivity contribution in [3.05, 3.63) is 0 Å². The second-order valence-corrected chi connectivity index (χ2v) is 4.30. The number of carbonyl (C=O) groups excluding carboxylic acids is 3. The van der Waals surface area contributed by atoms with E-state index >= 15 is 0 Å². The fourth-order valence-corrected chi connectivity index (χ4v) is 1.84. The standard InChI is InChI=1S/C11H16N4O4/c16-9-3-2-8(13-14-9)10(17)12-4-1-5-15-6-7-19-11(15)18/h1-7H2,(H,12,17)(H,14,16).